The fraction of sp³-hybridized carbons (Fsp3) is 0.933. The molecule has 0 aromatic rings. The minimum Gasteiger partial charge on any atom is -0.459 e. The molecule has 1 heterocycles. The Morgan fingerprint density at radius 3 is 2.50 bits per heavy atom. The van der Waals surface area contributed by atoms with Gasteiger partial charge in [-0.25, -0.2) is 0 Å². The van der Waals surface area contributed by atoms with Gasteiger partial charge in [-0.15, -0.1) is 0 Å². The number of carbonyl (C=O) groups excluding carboxylic acids is 1. The maximum atomic E-state index is 12.7. The fourth-order valence-electron chi connectivity index (χ4n) is 4.83. The number of nitrogens with one attached hydrogen (secondary N) is 1. The van der Waals surface area contributed by atoms with Gasteiger partial charge in [0, 0.05) is 12.0 Å². The van der Waals surface area contributed by atoms with Gasteiger partial charge in [0.25, 0.3) is 0 Å². The van der Waals surface area contributed by atoms with Crippen LogP contribution in [0.4, 0.5) is 0 Å². The molecule has 2 saturated carbocycles. The first-order chi connectivity index (χ1) is 8.15. The van der Waals surface area contributed by atoms with Crippen molar-refractivity contribution >= 4 is 5.97 Å². The van der Waals surface area contributed by atoms with Gasteiger partial charge in [-0.3, -0.25) is 4.79 Å². The molecule has 2 aliphatic carbocycles. The van der Waals surface area contributed by atoms with Crippen molar-refractivity contribution in [3.05, 3.63) is 0 Å². The van der Waals surface area contributed by atoms with Gasteiger partial charge in [-0.2, -0.15) is 0 Å². The Morgan fingerprint density at radius 1 is 1.33 bits per heavy atom. The normalized spacial score (nSPS) is 49.7. The predicted octanol–water partition coefficient (Wildman–Crippen LogP) is 2.50. The molecule has 0 aromatic carbocycles. The Labute approximate surface area is 110 Å². The van der Waals surface area contributed by atoms with Crippen molar-refractivity contribution in [2.75, 3.05) is 6.54 Å². The van der Waals surface area contributed by atoms with Gasteiger partial charge in [0.15, 0.2) is 0 Å². The van der Waals surface area contributed by atoms with Gasteiger partial charge in [-0.1, -0.05) is 13.8 Å². The largest absolute Gasteiger partial charge is 0.459 e. The summed E-state index contributed by atoms with van der Waals surface area (Å²) >= 11 is 0. The monoisotopic (exact) mass is 251 g/mol. The highest BCUT2D eigenvalue weighted by molar-refractivity contribution is 5.84. The van der Waals surface area contributed by atoms with Gasteiger partial charge in [0.2, 0.25) is 0 Å². The molecule has 0 aromatic heterocycles. The number of rotatable bonds is 1. The van der Waals surface area contributed by atoms with Crippen LogP contribution >= 0.6 is 0 Å². The third kappa shape index (κ3) is 1.17. The van der Waals surface area contributed by atoms with E-state index in [1.165, 1.54) is 6.42 Å². The van der Waals surface area contributed by atoms with Crippen LogP contribution in [-0.4, -0.2) is 23.7 Å². The molecule has 1 saturated heterocycles. The lowest BCUT2D eigenvalue weighted by atomic mass is 9.66. The quantitative estimate of drug-likeness (QED) is 0.728. The smallest absolute Gasteiger partial charge is 0.327 e. The van der Waals surface area contributed by atoms with Crippen LogP contribution in [0.15, 0.2) is 0 Å². The van der Waals surface area contributed by atoms with E-state index in [1.807, 2.05) is 20.8 Å². The van der Waals surface area contributed by atoms with E-state index in [1.54, 1.807) is 0 Å². The Kier molecular flexibility index (Phi) is 2.16. The van der Waals surface area contributed by atoms with Crippen LogP contribution in [0.25, 0.3) is 0 Å². The third-order valence-corrected chi connectivity index (χ3v) is 6.15. The zero-order valence-electron chi connectivity index (χ0n) is 12.2. The van der Waals surface area contributed by atoms with Gasteiger partial charge in [0.05, 0.1) is 0 Å². The average Bonchev–Trinajstić information content (AvgIpc) is 2.68. The second kappa shape index (κ2) is 3.12. The second-order valence-electron chi connectivity index (χ2n) is 7.95. The Hall–Kier alpha value is -0.570. The van der Waals surface area contributed by atoms with E-state index in [4.69, 9.17) is 4.74 Å². The van der Waals surface area contributed by atoms with E-state index < -0.39 is 11.1 Å². The fourth-order valence-corrected chi connectivity index (χ4v) is 4.83. The van der Waals surface area contributed by atoms with Crippen LogP contribution in [0.1, 0.15) is 53.9 Å². The lowest BCUT2D eigenvalue weighted by Crippen LogP contribution is -2.58. The molecule has 102 valence electrons. The van der Waals surface area contributed by atoms with Gasteiger partial charge < -0.3 is 10.1 Å². The second-order valence-corrected chi connectivity index (χ2v) is 7.95. The van der Waals surface area contributed by atoms with Gasteiger partial charge in [0.1, 0.15) is 11.1 Å². The van der Waals surface area contributed by atoms with E-state index >= 15 is 0 Å². The minimum atomic E-state index is -0.419. The van der Waals surface area contributed by atoms with Crippen molar-refractivity contribution in [1.29, 1.82) is 0 Å². The molecule has 0 unspecified atom stereocenters. The van der Waals surface area contributed by atoms with E-state index in [2.05, 4.69) is 19.2 Å². The molecule has 1 N–H and O–H groups in total. The number of ether oxygens (including phenoxy) is 1. The lowest BCUT2D eigenvalue weighted by molar-refractivity contribution is -0.168. The first-order valence-corrected chi connectivity index (χ1v) is 7.13. The van der Waals surface area contributed by atoms with Crippen LogP contribution in [0.3, 0.4) is 0 Å². The first kappa shape index (κ1) is 12.5. The summed E-state index contributed by atoms with van der Waals surface area (Å²) in [4.78, 5) is 12.7. The molecular weight excluding hydrogens is 226 g/mol. The summed E-state index contributed by atoms with van der Waals surface area (Å²) in [5.41, 5.74) is -0.459. The molecule has 3 nitrogen and oxygen atoms in total. The van der Waals surface area contributed by atoms with Crippen molar-refractivity contribution in [3.8, 4) is 0 Å². The van der Waals surface area contributed by atoms with Crippen molar-refractivity contribution in [1.82, 2.24) is 5.32 Å². The molecule has 3 aliphatic rings. The van der Waals surface area contributed by atoms with E-state index in [9.17, 15) is 4.79 Å². The van der Waals surface area contributed by atoms with E-state index in [0.29, 0.717) is 5.92 Å². The SMILES string of the molecule is CC(C)(C)OC(=O)[C@@]12C[C@H]3CC[C@]1(C)[C@@]3(C)CN2. The van der Waals surface area contributed by atoms with E-state index in [0.717, 1.165) is 19.4 Å². The zero-order chi connectivity index (χ0) is 13.4. The Morgan fingerprint density at radius 2 is 2.00 bits per heavy atom. The van der Waals surface area contributed by atoms with Gasteiger partial charge >= 0.3 is 5.97 Å². The molecule has 3 fully saturated rings. The first-order valence-electron chi connectivity index (χ1n) is 7.13. The third-order valence-electron chi connectivity index (χ3n) is 6.15. The van der Waals surface area contributed by atoms with Crippen molar-refractivity contribution in [2.45, 2.75) is 65.0 Å². The summed E-state index contributed by atoms with van der Waals surface area (Å²) < 4.78 is 5.70. The van der Waals surface area contributed by atoms with Crippen molar-refractivity contribution in [3.63, 3.8) is 0 Å². The molecule has 4 atom stereocenters. The molecule has 4 bridgehead atoms. The minimum absolute atomic E-state index is 0.0246. The summed E-state index contributed by atoms with van der Waals surface area (Å²) in [7, 11) is 0. The molecule has 0 amide bonds. The molecule has 3 heteroatoms. The molecule has 18 heavy (non-hydrogen) atoms. The van der Waals surface area contributed by atoms with Crippen LogP contribution < -0.4 is 5.32 Å². The van der Waals surface area contributed by atoms with Crippen LogP contribution in [-0.2, 0) is 9.53 Å². The summed E-state index contributed by atoms with van der Waals surface area (Å²) in [5.74, 6) is 0.666. The summed E-state index contributed by atoms with van der Waals surface area (Å²) in [6.07, 6.45) is 3.40. The number of hydrogen-bond donors (Lipinski definition) is 1. The highest BCUT2D eigenvalue weighted by Gasteiger charge is 2.77. The van der Waals surface area contributed by atoms with Gasteiger partial charge in [-0.05, 0) is 51.4 Å². The molecule has 0 radical (unpaired) electrons. The number of hydrogen-bond acceptors (Lipinski definition) is 3. The van der Waals surface area contributed by atoms with Crippen LogP contribution in [0.5, 0.6) is 0 Å². The Bertz CT molecular complexity index is 413. The highest BCUT2D eigenvalue weighted by atomic mass is 16.6. The number of piperidine rings is 1. The number of esters is 1. The maximum Gasteiger partial charge on any atom is 0.327 e. The summed E-state index contributed by atoms with van der Waals surface area (Å²) in [6, 6.07) is 0. The number of carbonyl (C=O) groups is 1. The summed E-state index contributed by atoms with van der Waals surface area (Å²) in [5, 5.41) is 3.53. The molecule has 0 spiro atoms. The molecule has 3 rings (SSSR count). The van der Waals surface area contributed by atoms with Crippen molar-refractivity contribution in [2.24, 2.45) is 16.7 Å². The maximum absolute atomic E-state index is 12.7. The standard InChI is InChI=1S/C15H25NO2/c1-12(2,3)18-11(17)15-8-10-6-7-14(15,5)13(10,4)9-16-15/h10,16H,6-9H2,1-5H3/t10-,13+,14-,15+/m1/s1. The zero-order valence-corrected chi connectivity index (χ0v) is 12.2. The van der Waals surface area contributed by atoms with Crippen LogP contribution in [0, 0.1) is 16.7 Å². The predicted molar refractivity (Wildman–Crippen MR) is 70.1 cm³/mol. The average molecular weight is 251 g/mol. The molecule has 1 aliphatic heterocycles. The highest BCUT2D eigenvalue weighted by Crippen LogP contribution is 2.73. The summed E-state index contributed by atoms with van der Waals surface area (Å²) in [6.45, 7) is 11.5. The Balaban J connectivity index is 1.96. The van der Waals surface area contributed by atoms with Crippen LogP contribution in [0.2, 0.25) is 0 Å². The van der Waals surface area contributed by atoms with Crippen molar-refractivity contribution < 1.29 is 9.53 Å². The topological polar surface area (TPSA) is 38.3 Å². The van der Waals surface area contributed by atoms with E-state index in [-0.39, 0.29) is 16.8 Å². The molecular formula is C15H25NO2. The lowest BCUT2D eigenvalue weighted by Gasteiger charge is -2.41.